The van der Waals surface area contributed by atoms with E-state index >= 15 is 0 Å². The third-order valence-electron chi connectivity index (χ3n) is 5.99. The first-order valence-electron chi connectivity index (χ1n) is 10.8. The number of ether oxygens (including phenoxy) is 1. The highest BCUT2D eigenvalue weighted by Crippen LogP contribution is 2.27. The van der Waals surface area contributed by atoms with Crippen molar-refractivity contribution in [1.82, 2.24) is 15.1 Å². The molecular formula is C24H30FN3O2. The van der Waals surface area contributed by atoms with Gasteiger partial charge in [0.2, 0.25) is 0 Å². The fourth-order valence-electron chi connectivity index (χ4n) is 4.33. The van der Waals surface area contributed by atoms with Crippen molar-refractivity contribution in [3.05, 3.63) is 71.0 Å². The van der Waals surface area contributed by atoms with Crippen molar-refractivity contribution in [2.24, 2.45) is 0 Å². The summed E-state index contributed by atoms with van der Waals surface area (Å²) in [6.07, 6.45) is 1.81. The van der Waals surface area contributed by atoms with Gasteiger partial charge in [-0.25, -0.2) is 9.18 Å². The van der Waals surface area contributed by atoms with Gasteiger partial charge in [-0.2, -0.15) is 0 Å². The minimum absolute atomic E-state index is 0.0676. The van der Waals surface area contributed by atoms with Gasteiger partial charge < -0.3 is 15.0 Å². The van der Waals surface area contributed by atoms with Crippen molar-refractivity contribution >= 4 is 6.03 Å². The topological polar surface area (TPSA) is 44.8 Å². The van der Waals surface area contributed by atoms with Crippen molar-refractivity contribution < 1.29 is 13.9 Å². The van der Waals surface area contributed by atoms with Crippen molar-refractivity contribution in [1.29, 1.82) is 0 Å². The van der Waals surface area contributed by atoms with E-state index < -0.39 is 0 Å². The Labute approximate surface area is 177 Å². The van der Waals surface area contributed by atoms with E-state index in [-0.39, 0.29) is 24.0 Å². The van der Waals surface area contributed by atoms with Gasteiger partial charge >= 0.3 is 6.03 Å². The molecule has 0 radical (unpaired) electrons. The second-order valence-corrected chi connectivity index (χ2v) is 8.28. The van der Waals surface area contributed by atoms with Gasteiger partial charge in [0.15, 0.2) is 0 Å². The molecule has 2 heterocycles. The number of nitrogens with one attached hydrogen (secondary N) is 1. The summed E-state index contributed by atoms with van der Waals surface area (Å²) in [5.74, 6) is -0.277. The Morgan fingerprint density at radius 1 is 1.17 bits per heavy atom. The summed E-state index contributed by atoms with van der Waals surface area (Å²) in [6, 6.07) is 14.6. The lowest BCUT2D eigenvalue weighted by atomic mass is 9.99. The molecular weight excluding hydrogens is 381 g/mol. The summed E-state index contributed by atoms with van der Waals surface area (Å²) in [6.45, 7) is 6.81. The zero-order chi connectivity index (χ0) is 20.9. The smallest absolute Gasteiger partial charge is 0.318 e. The number of hydrogen-bond acceptors (Lipinski definition) is 3. The second kappa shape index (κ2) is 9.58. The third kappa shape index (κ3) is 5.18. The number of nitrogens with zero attached hydrogens (tertiary/aromatic N) is 2. The van der Waals surface area contributed by atoms with E-state index in [1.54, 1.807) is 12.1 Å². The molecule has 0 spiro atoms. The van der Waals surface area contributed by atoms with E-state index in [0.29, 0.717) is 19.7 Å². The van der Waals surface area contributed by atoms with Crippen molar-refractivity contribution in [3.63, 3.8) is 0 Å². The minimum atomic E-state index is -0.277. The summed E-state index contributed by atoms with van der Waals surface area (Å²) in [5.41, 5.74) is 3.46. The molecule has 2 saturated heterocycles. The van der Waals surface area contributed by atoms with Crippen LogP contribution in [-0.2, 0) is 11.3 Å². The third-order valence-corrected chi connectivity index (χ3v) is 5.99. The lowest BCUT2D eigenvalue weighted by molar-refractivity contribution is 0.0749. The average Bonchev–Trinajstić information content (AvgIpc) is 3.28. The first-order chi connectivity index (χ1) is 14.6. The predicted octanol–water partition coefficient (Wildman–Crippen LogP) is 3.88. The normalized spacial score (nSPS) is 20.9. The number of halogens is 1. The molecule has 2 aliphatic heterocycles. The lowest BCUT2D eigenvalue weighted by Gasteiger charge is -2.36. The van der Waals surface area contributed by atoms with Crippen molar-refractivity contribution in [2.75, 3.05) is 32.8 Å². The molecule has 0 aromatic heterocycles. The fraction of sp³-hybridized carbons (Fsp3) is 0.458. The van der Waals surface area contributed by atoms with Gasteiger partial charge in [-0.05, 0) is 43.0 Å². The number of carbonyl (C=O) groups excluding carboxylic acids is 1. The van der Waals surface area contributed by atoms with Crippen LogP contribution in [0.1, 0.15) is 35.6 Å². The van der Waals surface area contributed by atoms with E-state index in [4.69, 9.17) is 4.74 Å². The molecule has 2 aromatic carbocycles. The molecule has 6 heteroatoms. The number of benzene rings is 2. The van der Waals surface area contributed by atoms with E-state index in [9.17, 15) is 9.18 Å². The zero-order valence-electron chi connectivity index (χ0n) is 17.5. The van der Waals surface area contributed by atoms with Crippen LogP contribution in [-0.4, -0.2) is 54.7 Å². The Morgan fingerprint density at radius 2 is 1.93 bits per heavy atom. The van der Waals surface area contributed by atoms with Gasteiger partial charge in [-0.1, -0.05) is 42.0 Å². The Kier molecular flexibility index (Phi) is 6.65. The number of rotatable bonds is 5. The summed E-state index contributed by atoms with van der Waals surface area (Å²) >= 11 is 0. The average molecular weight is 412 g/mol. The molecule has 2 amide bonds. The van der Waals surface area contributed by atoms with Gasteiger partial charge in [-0.15, -0.1) is 0 Å². The van der Waals surface area contributed by atoms with Crippen LogP contribution in [0.15, 0.2) is 48.5 Å². The van der Waals surface area contributed by atoms with Crippen LogP contribution < -0.4 is 5.32 Å². The molecule has 0 aliphatic carbocycles. The van der Waals surface area contributed by atoms with E-state index in [0.717, 1.165) is 38.0 Å². The van der Waals surface area contributed by atoms with Gasteiger partial charge in [0.05, 0.1) is 12.1 Å². The number of urea groups is 1. The molecule has 0 saturated carbocycles. The van der Waals surface area contributed by atoms with Gasteiger partial charge in [-0.3, -0.25) is 4.90 Å². The molecule has 2 atom stereocenters. The quantitative estimate of drug-likeness (QED) is 0.812. The Hall–Kier alpha value is -2.44. The molecule has 160 valence electrons. The largest absolute Gasteiger partial charge is 0.376 e. The predicted molar refractivity (Wildman–Crippen MR) is 115 cm³/mol. The van der Waals surface area contributed by atoms with Crippen LogP contribution in [0.4, 0.5) is 9.18 Å². The lowest BCUT2D eigenvalue weighted by Crippen LogP contribution is -2.52. The number of carbonyl (C=O) groups is 1. The number of amides is 2. The molecule has 30 heavy (non-hydrogen) atoms. The molecule has 2 aliphatic rings. The Morgan fingerprint density at radius 3 is 2.60 bits per heavy atom. The summed E-state index contributed by atoms with van der Waals surface area (Å²) in [7, 11) is 0. The first-order valence-corrected chi connectivity index (χ1v) is 10.8. The van der Waals surface area contributed by atoms with Crippen molar-refractivity contribution in [3.8, 4) is 0 Å². The summed E-state index contributed by atoms with van der Waals surface area (Å²) in [5, 5.41) is 3.16. The maximum Gasteiger partial charge on any atom is 0.318 e. The molecule has 5 nitrogen and oxygen atoms in total. The highest BCUT2D eigenvalue weighted by Gasteiger charge is 2.31. The van der Waals surface area contributed by atoms with Crippen LogP contribution in [0, 0.1) is 12.7 Å². The molecule has 2 aromatic rings. The fourth-order valence-corrected chi connectivity index (χ4v) is 4.33. The van der Waals surface area contributed by atoms with Gasteiger partial charge in [0, 0.05) is 39.3 Å². The van der Waals surface area contributed by atoms with Crippen LogP contribution in [0.25, 0.3) is 0 Å². The molecule has 2 unspecified atom stereocenters. The molecule has 1 N–H and O–H groups in total. The van der Waals surface area contributed by atoms with E-state index in [1.807, 2.05) is 4.90 Å². The highest BCUT2D eigenvalue weighted by atomic mass is 19.1. The second-order valence-electron chi connectivity index (χ2n) is 8.28. The molecule has 0 bridgehead atoms. The van der Waals surface area contributed by atoms with Gasteiger partial charge in [0.1, 0.15) is 5.82 Å². The van der Waals surface area contributed by atoms with E-state index in [1.165, 1.54) is 23.3 Å². The van der Waals surface area contributed by atoms with Crippen LogP contribution >= 0.6 is 0 Å². The summed E-state index contributed by atoms with van der Waals surface area (Å²) < 4.78 is 19.2. The maximum atomic E-state index is 13.4. The Balaban J connectivity index is 1.34. The monoisotopic (exact) mass is 411 g/mol. The highest BCUT2D eigenvalue weighted by molar-refractivity contribution is 5.75. The molecule has 4 rings (SSSR count). The standard InChI is InChI=1S/C24H30FN3O2/c1-18-4-2-5-19(16-18)17-27-11-13-28(14-12-27)24(29)26-23(22-6-3-15-30-22)20-7-9-21(25)10-8-20/h2,4-5,7-10,16,22-23H,3,6,11-15,17H2,1H3,(H,26,29). The maximum absolute atomic E-state index is 13.4. The van der Waals surface area contributed by atoms with Crippen molar-refractivity contribution in [2.45, 2.75) is 38.5 Å². The van der Waals surface area contributed by atoms with Crippen LogP contribution in [0.2, 0.25) is 0 Å². The summed E-state index contributed by atoms with van der Waals surface area (Å²) in [4.78, 5) is 17.2. The van der Waals surface area contributed by atoms with Crippen LogP contribution in [0.5, 0.6) is 0 Å². The minimum Gasteiger partial charge on any atom is -0.376 e. The first kappa shape index (κ1) is 20.8. The number of hydrogen-bond donors (Lipinski definition) is 1. The SMILES string of the molecule is Cc1cccc(CN2CCN(C(=O)NC(c3ccc(F)cc3)C3CCCO3)CC2)c1. The van der Waals surface area contributed by atoms with Crippen LogP contribution in [0.3, 0.4) is 0 Å². The number of aryl methyl sites for hydroxylation is 1. The number of piperazine rings is 1. The zero-order valence-corrected chi connectivity index (χ0v) is 17.5. The van der Waals surface area contributed by atoms with Gasteiger partial charge in [0.25, 0.3) is 0 Å². The Bertz CT molecular complexity index is 844. The van der Waals surface area contributed by atoms with E-state index in [2.05, 4.69) is 41.4 Å². The molecule has 2 fully saturated rings.